The predicted octanol–water partition coefficient (Wildman–Crippen LogP) is 2.41. The lowest BCUT2D eigenvalue weighted by Gasteiger charge is -2.20. The number of sulfonamides is 1. The van der Waals surface area contributed by atoms with Crippen LogP contribution in [0.5, 0.6) is 0 Å². The van der Waals surface area contributed by atoms with E-state index in [-0.39, 0.29) is 22.5 Å². The number of carbonyl (C=O) groups is 1. The summed E-state index contributed by atoms with van der Waals surface area (Å²) in [5.41, 5.74) is 2.61. The number of thiocarbonyl (C=S) groups is 1. The third-order valence-corrected chi connectivity index (χ3v) is 6.74. The minimum atomic E-state index is -3.88. The quantitative estimate of drug-likeness (QED) is 0.689. The topological polar surface area (TPSA) is 75.5 Å². The normalized spacial score (nSPS) is 15.1. The van der Waals surface area contributed by atoms with E-state index < -0.39 is 10.0 Å². The van der Waals surface area contributed by atoms with Crippen molar-refractivity contribution >= 4 is 33.3 Å². The minimum absolute atomic E-state index is 0.0519. The van der Waals surface area contributed by atoms with Gasteiger partial charge in [-0.15, -0.1) is 0 Å². The highest BCUT2D eigenvalue weighted by molar-refractivity contribution is 7.91. The second-order valence-corrected chi connectivity index (χ2v) is 8.75. The van der Waals surface area contributed by atoms with Crippen molar-refractivity contribution in [1.82, 2.24) is 19.0 Å². The maximum atomic E-state index is 13.0. The van der Waals surface area contributed by atoms with Crippen molar-refractivity contribution in [3.8, 4) is 5.69 Å². The van der Waals surface area contributed by atoms with E-state index in [1.807, 2.05) is 26.8 Å². The van der Waals surface area contributed by atoms with Gasteiger partial charge in [0.25, 0.3) is 10.0 Å². The molecule has 27 heavy (non-hydrogen) atoms. The largest absolute Gasteiger partial charge is 0.287 e. The zero-order chi connectivity index (χ0) is 19.8. The highest BCUT2D eigenvalue weighted by atomic mass is 32.2. The van der Waals surface area contributed by atoms with E-state index in [1.165, 1.54) is 17.0 Å². The van der Waals surface area contributed by atoms with Crippen LogP contribution in [-0.2, 0) is 14.8 Å². The van der Waals surface area contributed by atoms with Gasteiger partial charge in [-0.1, -0.05) is 13.3 Å². The summed E-state index contributed by atoms with van der Waals surface area (Å²) < 4.78 is 28.7. The zero-order valence-corrected chi connectivity index (χ0v) is 17.2. The van der Waals surface area contributed by atoms with E-state index >= 15 is 0 Å². The molecule has 0 spiro atoms. The number of hydrogen-bond acceptors (Lipinski definition) is 5. The molecule has 0 saturated carbocycles. The molecule has 0 bridgehead atoms. The van der Waals surface area contributed by atoms with E-state index in [2.05, 4.69) is 5.10 Å². The number of nitrogens with zero attached hydrogens (tertiary/aromatic N) is 4. The Morgan fingerprint density at radius 3 is 2.41 bits per heavy atom. The van der Waals surface area contributed by atoms with Gasteiger partial charge in [-0.2, -0.15) is 5.10 Å². The van der Waals surface area contributed by atoms with Crippen molar-refractivity contribution in [3.05, 3.63) is 41.7 Å². The second-order valence-electron chi connectivity index (χ2n) is 6.53. The summed E-state index contributed by atoms with van der Waals surface area (Å²) in [4.78, 5) is 13.7. The number of unbranched alkanes of at least 4 members (excludes halogenated alkanes) is 1. The van der Waals surface area contributed by atoms with Crippen molar-refractivity contribution in [3.63, 3.8) is 0 Å². The zero-order valence-electron chi connectivity index (χ0n) is 15.5. The molecule has 3 rings (SSSR count). The Balaban J connectivity index is 1.86. The van der Waals surface area contributed by atoms with Gasteiger partial charge in [-0.05, 0) is 62.8 Å². The van der Waals surface area contributed by atoms with Crippen molar-refractivity contribution < 1.29 is 13.2 Å². The van der Waals surface area contributed by atoms with Gasteiger partial charge in [0.2, 0.25) is 5.91 Å². The molecule has 1 aromatic carbocycles. The highest BCUT2D eigenvalue weighted by Gasteiger charge is 2.40. The summed E-state index contributed by atoms with van der Waals surface area (Å²) in [6.07, 6.45) is 1.67. The van der Waals surface area contributed by atoms with Crippen molar-refractivity contribution in [2.75, 3.05) is 13.1 Å². The molecule has 1 saturated heterocycles. The molecule has 2 aromatic rings. The highest BCUT2D eigenvalue weighted by Crippen LogP contribution is 2.24. The van der Waals surface area contributed by atoms with Crippen LogP contribution in [0.3, 0.4) is 0 Å². The van der Waals surface area contributed by atoms with Crippen LogP contribution in [0.4, 0.5) is 0 Å². The van der Waals surface area contributed by atoms with Crippen molar-refractivity contribution in [2.45, 2.75) is 38.5 Å². The molecule has 0 atom stereocenters. The molecule has 144 valence electrons. The minimum Gasteiger partial charge on any atom is -0.287 e. The number of aromatic nitrogens is 2. The Morgan fingerprint density at radius 2 is 1.85 bits per heavy atom. The number of carbonyl (C=O) groups excluding carboxylic acids is 1. The van der Waals surface area contributed by atoms with Crippen LogP contribution in [0.1, 0.15) is 31.2 Å². The molecular formula is C18H22N4O3S2. The monoisotopic (exact) mass is 406 g/mol. The van der Waals surface area contributed by atoms with Crippen LogP contribution >= 0.6 is 12.2 Å². The fourth-order valence-electron chi connectivity index (χ4n) is 3.02. The third-order valence-electron chi connectivity index (χ3n) is 4.44. The number of aryl methyl sites for hydroxylation is 2. The summed E-state index contributed by atoms with van der Waals surface area (Å²) in [6.45, 7) is 6.03. The Morgan fingerprint density at radius 1 is 1.19 bits per heavy atom. The summed E-state index contributed by atoms with van der Waals surface area (Å²) in [5.74, 6) is -0.281. The standard InChI is InChI=1S/C18H22N4O3S2/c1-4-5-10-20-17(23)12-21(18(20)26)27(24,25)16-8-6-15(7-9-16)22-14(3)11-13(2)19-22/h6-9,11H,4-5,10,12H2,1-3H3. The number of benzene rings is 1. The Labute approximate surface area is 164 Å². The average Bonchev–Trinajstić information content (AvgIpc) is 3.12. The Bertz CT molecular complexity index is 981. The van der Waals surface area contributed by atoms with Gasteiger partial charge in [-0.25, -0.2) is 17.4 Å². The molecule has 9 heteroatoms. The fraction of sp³-hybridized carbons (Fsp3) is 0.389. The van der Waals surface area contributed by atoms with Gasteiger partial charge in [0.15, 0.2) is 5.11 Å². The summed E-state index contributed by atoms with van der Waals surface area (Å²) >= 11 is 5.26. The first-order chi connectivity index (χ1) is 12.8. The first-order valence-electron chi connectivity index (χ1n) is 8.76. The van der Waals surface area contributed by atoms with Crippen LogP contribution in [0.25, 0.3) is 5.69 Å². The Hall–Kier alpha value is -2.26. The molecule has 2 heterocycles. The van der Waals surface area contributed by atoms with Crippen LogP contribution in [-0.4, -0.2) is 51.5 Å². The van der Waals surface area contributed by atoms with Crippen molar-refractivity contribution in [2.24, 2.45) is 0 Å². The van der Waals surface area contributed by atoms with Gasteiger partial charge in [0, 0.05) is 12.2 Å². The van der Waals surface area contributed by atoms with E-state index in [1.54, 1.807) is 16.8 Å². The fourth-order valence-corrected chi connectivity index (χ4v) is 4.89. The molecule has 7 nitrogen and oxygen atoms in total. The maximum Gasteiger partial charge on any atom is 0.266 e. The summed E-state index contributed by atoms with van der Waals surface area (Å²) in [5, 5.41) is 4.45. The van der Waals surface area contributed by atoms with Gasteiger partial charge < -0.3 is 0 Å². The average molecular weight is 407 g/mol. The SMILES string of the molecule is CCCCN1C(=O)CN(S(=O)(=O)c2ccc(-n3nc(C)cc3C)cc2)C1=S. The van der Waals surface area contributed by atoms with E-state index in [4.69, 9.17) is 12.2 Å². The molecule has 0 N–H and O–H groups in total. The predicted molar refractivity (Wildman–Crippen MR) is 106 cm³/mol. The molecular weight excluding hydrogens is 384 g/mol. The third kappa shape index (κ3) is 3.61. The lowest BCUT2D eigenvalue weighted by atomic mass is 10.3. The van der Waals surface area contributed by atoms with E-state index in [9.17, 15) is 13.2 Å². The summed E-state index contributed by atoms with van der Waals surface area (Å²) in [7, 11) is -3.88. The summed E-state index contributed by atoms with van der Waals surface area (Å²) in [6, 6.07) is 8.37. The smallest absolute Gasteiger partial charge is 0.266 e. The Kier molecular flexibility index (Phi) is 5.34. The molecule has 1 aromatic heterocycles. The molecule has 1 fully saturated rings. The van der Waals surface area contributed by atoms with Crippen molar-refractivity contribution in [1.29, 1.82) is 0 Å². The maximum absolute atomic E-state index is 13.0. The van der Waals surface area contributed by atoms with Crippen LogP contribution in [0, 0.1) is 13.8 Å². The first kappa shape index (κ1) is 19.5. The number of rotatable bonds is 6. The van der Waals surface area contributed by atoms with Gasteiger partial charge in [0.1, 0.15) is 6.54 Å². The lowest BCUT2D eigenvalue weighted by molar-refractivity contribution is -0.124. The van der Waals surface area contributed by atoms with E-state index in [0.29, 0.717) is 6.54 Å². The van der Waals surface area contributed by atoms with E-state index in [0.717, 1.165) is 34.2 Å². The molecule has 1 amide bonds. The molecule has 1 aliphatic heterocycles. The molecule has 1 aliphatic rings. The van der Waals surface area contributed by atoms with Gasteiger partial charge in [0.05, 0.1) is 16.3 Å². The number of hydrogen-bond donors (Lipinski definition) is 0. The van der Waals surface area contributed by atoms with Crippen LogP contribution in [0.2, 0.25) is 0 Å². The van der Waals surface area contributed by atoms with Crippen LogP contribution < -0.4 is 0 Å². The van der Waals surface area contributed by atoms with Crippen LogP contribution in [0.15, 0.2) is 35.2 Å². The van der Waals surface area contributed by atoms with Gasteiger partial charge >= 0.3 is 0 Å². The number of amides is 1. The van der Waals surface area contributed by atoms with Gasteiger partial charge in [-0.3, -0.25) is 9.69 Å². The molecule has 0 unspecified atom stereocenters. The lowest BCUT2D eigenvalue weighted by Crippen LogP contribution is -2.36. The second kappa shape index (κ2) is 7.40. The first-order valence-corrected chi connectivity index (χ1v) is 10.6. The molecule has 0 radical (unpaired) electrons. The molecule has 0 aliphatic carbocycles.